The first-order valence-electron chi connectivity index (χ1n) is 8.33. The third-order valence-electron chi connectivity index (χ3n) is 4.29. The normalized spacial score (nSPS) is 19.6. The molecule has 1 fully saturated rings. The number of hydrogen-bond acceptors (Lipinski definition) is 4. The Labute approximate surface area is 133 Å². The van der Waals surface area contributed by atoms with Crippen LogP contribution in [0.2, 0.25) is 0 Å². The summed E-state index contributed by atoms with van der Waals surface area (Å²) in [6, 6.07) is 0.632. The van der Waals surface area contributed by atoms with Crippen LogP contribution in [-0.4, -0.2) is 64.9 Å². The number of aliphatic imine (C=N–C) groups is 1. The minimum Gasteiger partial charge on any atom is -0.355 e. The summed E-state index contributed by atoms with van der Waals surface area (Å²) in [7, 11) is 1.82. The van der Waals surface area contributed by atoms with E-state index in [4.69, 9.17) is 0 Å². The van der Waals surface area contributed by atoms with Crippen LogP contribution in [-0.2, 0) is 13.0 Å². The van der Waals surface area contributed by atoms with Crippen LogP contribution in [0.1, 0.15) is 32.5 Å². The van der Waals surface area contributed by atoms with Crippen molar-refractivity contribution in [1.29, 1.82) is 0 Å². The van der Waals surface area contributed by atoms with E-state index in [2.05, 4.69) is 49.1 Å². The smallest absolute Gasteiger partial charge is 0.191 e. The number of aromatic nitrogens is 3. The lowest BCUT2D eigenvalue weighted by atomic mass is 10.2. The Balaban J connectivity index is 1.71. The van der Waals surface area contributed by atoms with Gasteiger partial charge < -0.3 is 15.2 Å². The molecular formula is C15H29N7. The minimum absolute atomic E-state index is 0.632. The van der Waals surface area contributed by atoms with Crippen LogP contribution in [0.25, 0.3) is 0 Å². The summed E-state index contributed by atoms with van der Waals surface area (Å²) in [5.74, 6) is 1.89. The number of hydrogen-bond donors (Lipinski definition) is 2. The molecule has 1 aliphatic heterocycles. The molecule has 0 aliphatic carbocycles. The standard InChI is InChI=1S/C15H29N7/c1-4-14-20-19-12-22(14)10-8-17-15(16-3)18-11-13-7-6-9-21(13)5-2/h12-13H,4-11H2,1-3H3,(H2,16,17,18). The lowest BCUT2D eigenvalue weighted by Crippen LogP contribution is -2.45. The molecule has 0 amide bonds. The van der Waals surface area contributed by atoms with Crippen LogP contribution >= 0.6 is 0 Å². The van der Waals surface area contributed by atoms with Crippen molar-refractivity contribution in [2.24, 2.45) is 4.99 Å². The molecule has 0 radical (unpaired) electrons. The fourth-order valence-electron chi connectivity index (χ4n) is 3.01. The summed E-state index contributed by atoms with van der Waals surface area (Å²) in [4.78, 5) is 6.83. The van der Waals surface area contributed by atoms with Crippen molar-refractivity contribution < 1.29 is 0 Å². The molecule has 2 N–H and O–H groups in total. The summed E-state index contributed by atoms with van der Waals surface area (Å²) < 4.78 is 2.08. The van der Waals surface area contributed by atoms with Gasteiger partial charge in [-0.15, -0.1) is 10.2 Å². The molecule has 1 aliphatic rings. The van der Waals surface area contributed by atoms with Gasteiger partial charge in [-0.3, -0.25) is 9.89 Å². The maximum absolute atomic E-state index is 4.30. The largest absolute Gasteiger partial charge is 0.355 e. The molecule has 0 spiro atoms. The Kier molecular flexibility index (Phi) is 6.64. The molecule has 22 heavy (non-hydrogen) atoms. The fraction of sp³-hybridized carbons (Fsp3) is 0.800. The SMILES string of the molecule is CCc1nncn1CCNC(=NC)NCC1CCCN1CC. The van der Waals surface area contributed by atoms with Gasteiger partial charge in [0, 0.05) is 39.1 Å². The number of rotatable bonds is 7. The zero-order valence-corrected chi connectivity index (χ0v) is 14.0. The highest BCUT2D eigenvalue weighted by Gasteiger charge is 2.22. The zero-order valence-electron chi connectivity index (χ0n) is 14.0. The quantitative estimate of drug-likeness (QED) is 0.567. The topological polar surface area (TPSA) is 70.4 Å². The number of likely N-dealkylation sites (tertiary alicyclic amines) is 1. The molecule has 1 unspecified atom stereocenters. The molecule has 7 heteroatoms. The van der Waals surface area contributed by atoms with E-state index in [1.165, 1.54) is 19.4 Å². The maximum atomic E-state index is 4.30. The number of nitrogens with one attached hydrogen (secondary N) is 2. The van der Waals surface area contributed by atoms with Crippen molar-refractivity contribution in [2.75, 3.05) is 33.2 Å². The number of likely N-dealkylation sites (N-methyl/N-ethyl adjacent to an activating group) is 1. The van der Waals surface area contributed by atoms with Crippen LogP contribution in [0.3, 0.4) is 0 Å². The summed E-state index contributed by atoms with van der Waals surface area (Å²) in [6.45, 7) is 9.30. The molecule has 1 atom stereocenters. The monoisotopic (exact) mass is 307 g/mol. The first-order valence-corrected chi connectivity index (χ1v) is 8.33. The van der Waals surface area contributed by atoms with Crippen LogP contribution in [0.15, 0.2) is 11.3 Å². The van der Waals surface area contributed by atoms with Gasteiger partial charge in [0.2, 0.25) is 0 Å². The predicted octanol–water partition coefficient (Wildman–Crippen LogP) is 0.490. The summed E-state index contributed by atoms with van der Waals surface area (Å²) in [5.41, 5.74) is 0. The number of nitrogens with zero attached hydrogens (tertiary/aromatic N) is 5. The van der Waals surface area contributed by atoms with Gasteiger partial charge >= 0.3 is 0 Å². The Bertz CT molecular complexity index is 468. The Morgan fingerprint density at radius 1 is 1.41 bits per heavy atom. The van der Waals surface area contributed by atoms with Gasteiger partial charge in [-0.1, -0.05) is 13.8 Å². The zero-order chi connectivity index (χ0) is 15.8. The average molecular weight is 307 g/mol. The molecule has 0 bridgehead atoms. The van der Waals surface area contributed by atoms with E-state index in [1.54, 1.807) is 6.33 Å². The summed E-state index contributed by atoms with van der Waals surface area (Å²) >= 11 is 0. The first-order chi connectivity index (χ1) is 10.8. The average Bonchev–Trinajstić information content (AvgIpc) is 3.18. The Hall–Kier alpha value is -1.63. The highest BCUT2D eigenvalue weighted by Crippen LogP contribution is 2.15. The second-order valence-electron chi connectivity index (χ2n) is 5.60. The molecule has 2 heterocycles. The second kappa shape index (κ2) is 8.73. The van der Waals surface area contributed by atoms with E-state index < -0.39 is 0 Å². The molecule has 7 nitrogen and oxygen atoms in total. The summed E-state index contributed by atoms with van der Waals surface area (Å²) in [5, 5.41) is 14.8. The van der Waals surface area contributed by atoms with Gasteiger partial charge in [-0.25, -0.2) is 0 Å². The van der Waals surface area contributed by atoms with E-state index >= 15 is 0 Å². The van der Waals surface area contributed by atoms with Gasteiger partial charge in [0.25, 0.3) is 0 Å². The van der Waals surface area contributed by atoms with Gasteiger partial charge in [-0.05, 0) is 25.9 Å². The first kappa shape index (κ1) is 16.7. The molecule has 124 valence electrons. The Morgan fingerprint density at radius 2 is 2.27 bits per heavy atom. The molecule has 1 aromatic rings. The molecule has 0 saturated carbocycles. The van der Waals surface area contributed by atoms with E-state index in [0.717, 1.165) is 44.4 Å². The van der Waals surface area contributed by atoms with E-state index in [-0.39, 0.29) is 0 Å². The number of guanidine groups is 1. The van der Waals surface area contributed by atoms with Gasteiger partial charge in [0.1, 0.15) is 12.2 Å². The van der Waals surface area contributed by atoms with E-state index in [1.807, 2.05) is 7.05 Å². The third kappa shape index (κ3) is 4.43. The van der Waals surface area contributed by atoms with Crippen LogP contribution < -0.4 is 10.6 Å². The van der Waals surface area contributed by atoms with E-state index in [9.17, 15) is 0 Å². The minimum atomic E-state index is 0.632. The summed E-state index contributed by atoms with van der Waals surface area (Å²) in [6.07, 6.45) is 5.27. The van der Waals surface area contributed by atoms with Crippen LogP contribution in [0.4, 0.5) is 0 Å². The highest BCUT2D eigenvalue weighted by atomic mass is 15.3. The van der Waals surface area contributed by atoms with E-state index in [0.29, 0.717) is 6.04 Å². The van der Waals surface area contributed by atoms with Crippen molar-refractivity contribution in [3.63, 3.8) is 0 Å². The number of aryl methyl sites for hydroxylation is 1. The maximum Gasteiger partial charge on any atom is 0.191 e. The fourth-order valence-corrected chi connectivity index (χ4v) is 3.01. The van der Waals surface area contributed by atoms with Crippen LogP contribution in [0.5, 0.6) is 0 Å². The molecular weight excluding hydrogens is 278 g/mol. The van der Waals surface area contributed by atoms with Crippen molar-refractivity contribution in [2.45, 2.75) is 45.7 Å². The lowest BCUT2D eigenvalue weighted by Gasteiger charge is -2.24. The molecule has 0 aromatic carbocycles. The molecule has 1 aromatic heterocycles. The van der Waals surface area contributed by atoms with Crippen molar-refractivity contribution in [3.8, 4) is 0 Å². The Morgan fingerprint density at radius 3 is 3.00 bits per heavy atom. The predicted molar refractivity (Wildman–Crippen MR) is 89.0 cm³/mol. The second-order valence-corrected chi connectivity index (χ2v) is 5.60. The van der Waals surface area contributed by atoms with Gasteiger partial charge in [0.05, 0.1) is 0 Å². The lowest BCUT2D eigenvalue weighted by molar-refractivity contribution is 0.267. The van der Waals surface area contributed by atoms with Gasteiger partial charge in [-0.2, -0.15) is 0 Å². The van der Waals surface area contributed by atoms with Crippen molar-refractivity contribution >= 4 is 5.96 Å². The van der Waals surface area contributed by atoms with Crippen molar-refractivity contribution in [3.05, 3.63) is 12.2 Å². The van der Waals surface area contributed by atoms with Crippen LogP contribution in [0, 0.1) is 0 Å². The molecule has 1 saturated heterocycles. The molecule has 2 rings (SSSR count). The third-order valence-corrected chi connectivity index (χ3v) is 4.29. The van der Waals surface area contributed by atoms with Crippen molar-refractivity contribution in [1.82, 2.24) is 30.3 Å². The highest BCUT2D eigenvalue weighted by molar-refractivity contribution is 5.79. The van der Waals surface area contributed by atoms with Gasteiger partial charge in [0.15, 0.2) is 5.96 Å².